The Hall–Kier alpha value is -3.27. The number of sulfonamides is 1. The lowest BCUT2D eigenvalue weighted by atomic mass is 10.1. The van der Waals surface area contributed by atoms with Gasteiger partial charge in [0.25, 0.3) is 5.91 Å². The van der Waals surface area contributed by atoms with Gasteiger partial charge in [-0.3, -0.25) is 9.69 Å². The van der Waals surface area contributed by atoms with Crippen molar-refractivity contribution in [2.45, 2.75) is 50.6 Å². The first-order chi connectivity index (χ1) is 18.3. The third kappa shape index (κ3) is 5.06. The Balaban J connectivity index is 1.50. The zero-order valence-corrected chi connectivity index (χ0v) is 23.4. The number of carbonyl (C=O) groups excluding carboxylic acids is 1. The zero-order chi connectivity index (χ0) is 26.9. The molecule has 1 atom stereocenters. The number of carbonyl (C=O) groups is 1. The largest absolute Gasteiger partial charge is 0.494 e. The summed E-state index contributed by atoms with van der Waals surface area (Å²) in [7, 11) is -2.01. The third-order valence-corrected chi connectivity index (χ3v) is 10.3. The first-order valence-electron chi connectivity index (χ1n) is 12.7. The molecule has 1 unspecified atom stereocenters. The van der Waals surface area contributed by atoms with Gasteiger partial charge in [0.15, 0.2) is 5.13 Å². The standard InChI is InChI=1S/C29H31N3O4S2/c1-20-12-17-25(36-3)26-27(20)37-29(30-26)31(19-22-10-5-4-6-11-22)28(33)23-13-15-24(16-14-23)38(34,35)32-18-8-7-9-21(32)2/h4-6,10-17,21H,7-9,18-19H2,1-3H3. The van der Waals surface area contributed by atoms with Gasteiger partial charge in [0.1, 0.15) is 11.3 Å². The quantitative estimate of drug-likeness (QED) is 0.282. The fourth-order valence-electron chi connectivity index (χ4n) is 4.86. The number of methoxy groups -OCH3 is 1. The molecule has 7 nitrogen and oxygen atoms in total. The number of fused-ring (bicyclic) bond motifs is 1. The number of aromatic nitrogens is 1. The summed E-state index contributed by atoms with van der Waals surface area (Å²) >= 11 is 1.44. The molecule has 4 aromatic rings. The van der Waals surface area contributed by atoms with Crippen molar-refractivity contribution in [1.82, 2.24) is 9.29 Å². The van der Waals surface area contributed by atoms with E-state index in [0.29, 0.717) is 29.5 Å². The maximum atomic E-state index is 13.9. The summed E-state index contributed by atoms with van der Waals surface area (Å²) in [5.74, 6) is 0.404. The summed E-state index contributed by atoms with van der Waals surface area (Å²) in [6.45, 7) is 4.81. The lowest BCUT2D eigenvalue weighted by molar-refractivity contribution is 0.0985. The smallest absolute Gasteiger partial charge is 0.260 e. The number of anilines is 1. The minimum absolute atomic E-state index is 0.0316. The molecule has 1 fully saturated rings. The summed E-state index contributed by atoms with van der Waals surface area (Å²) in [4.78, 5) is 20.5. The van der Waals surface area contributed by atoms with Crippen molar-refractivity contribution in [2.75, 3.05) is 18.6 Å². The van der Waals surface area contributed by atoms with Crippen molar-refractivity contribution in [3.8, 4) is 5.75 Å². The van der Waals surface area contributed by atoms with Crippen LogP contribution in [0.3, 0.4) is 0 Å². The number of rotatable bonds is 7. The molecule has 9 heteroatoms. The molecule has 1 amide bonds. The predicted molar refractivity (Wildman–Crippen MR) is 152 cm³/mol. The second kappa shape index (κ2) is 10.8. The van der Waals surface area contributed by atoms with Crippen LogP contribution < -0.4 is 9.64 Å². The van der Waals surface area contributed by atoms with Gasteiger partial charge in [-0.05, 0) is 68.1 Å². The second-order valence-electron chi connectivity index (χ2n) is 9.62. The van der Waals surface area contributed by atoms with E-state index in [-0.39, 0.29) is 16.8 Å². The molecule has 0 saturated carbocycles. The predicted octanol–water partition coefficient (Wildman–Crippen LogP) is 6.02. The van der Waals surface area contributed by atoms with Gasteiger partial charge >= 0.3 is 0 Å². The molecule has 5 rings (SSSR count). The Kier molecular flexibility index (Phi) is 7.52. The Labute approximate surface area is 227 Å². The van der Waals surface area contributed by atoms with Gasteiger partial charge in [-0.1, -0.05) is 54.2 Å². The minimum atomic E-state index is -3.62. The summed E-state index contributed by atoms with van der Waals surface area (Å²) in [6, 6.07) is 19.8. The van der Waals surface area contributed by atoms with Gasteiger partial charge in [0, 0.05) is 18.2 Å². The highest BCUT2D eigenvalue weighted by Crippen LogP contribution is 2.37. The lowest BCUT2D eigenvalue weighted by Crippen LogP contribution is -2.41. The molecular weight excluding hydrogens is 518 g/mol. The van der Waals surface area contributed by atoms with Crippen LogP contribution in [0.2, 0.25) is 0 Å². The number of aryl methyl sites for hydroxylation is 1. The Morgan fingerprint density at radius 1 is 1.08 bits per heavy atom. The average Bonchev–Trinajstić information content (AvgIpc) is 3.39. The Morgan fingerprint density at radius 2 is 1.82 bits per heavy atom. The molecule has 1 aromatic heterocycles. The van der Waals surface area contributed by atoms with Crippen molar-refractivity contribution in [1.29, 1.82) is 0 Å². The number of hydrogen-bond donors (Lipinski definition) is 0. The highest BCUT2D eigenvalue weighted by Gasteiger charge is 2.31. The fraction of sp³-hybridized carbons (Fsp3) is 0.310. The van der Waals surface area contributed by atoms with Gasteiger partial charge < -0.3 is 4.74 Å². The van der Waals surface area contributed by atoms with Crippen molar-refractivity contribution in [3.63, 3.8) is 0 Å². The lowest BCUT2D eigenvalue weighted by Gasteiger charge is -2.32. The molecule has 0 bridgehead atoms. The van der Waals surface area contributed by atoms with Crippen LogP contribution in [-0.4, -0.2) is 43.3 Å². The summed E-state index contributed by atoms with van der Waals surface area (Å²) in [5.41, 5.74) is 3.13. The topological polar surface area (TPSA) is 79.8 Å². The molecule has 0 spiro atoms. The van der Waals surface area contributed by atoms with Crippen LogP contribution in [0.5, 0.6) is 5.75 Å². The summed E-state index contributed by atoms with van der Waals surface area (Å²) < 4.78 is 34.6. The van der Waals surface area contributed by atoms with E-state index in [1.165, 1.54) is 23.5 Å². The molecule has 0 radical (unpaired) electrons. The fourth-order valence-corrected chi connectivity index (χ4v) is 7.61. The normalized spacial score (nSPS) is 16.4. The van der Waals surface area contributed by atoms with Crippen LogP contribution in [-0.2, 0) is 16.6 Å². The molecule has 1 aliphatic rings. The maximum Gasteiger partial charge on any atom is 0.260 e. The highest BCUT2D eigenvalue weighted by molar-refractivity contribution is 7.89. The molecular formula is C29H31N3O4S2. The number of amides is 1. The minimum Gasteiger partial charge on any atom is -0.494 e. The molecule has 2 heterocycles. The van der Waals surface area contributed by atoms with E-state index in [0.717, 1.165) is 40.6 Å². The first-order valence-corrected chi connectivity index (χ1v) is 15.0. The van der Waals surface area contributed by atoms with E-state index in [4.69, 9.17) is 9.72 Å². The number of thiazole rings is 1. The van der Waals surface area contributed by atoms with Gasteiger partial charge in [-0.2, -0.15) is 4.31 Å². The van der Waals surface area contributed by atoms with Gasteiger partial charge in [0.05, 0.1) is 23.2 Å². The molecule has 1 aliphatic heterocycles. The van der Waals surface area contributed by atoms with Crippen molar-refractivity contribution < 1.29 is 17.9 Å². The second-order valence-corrected chi connectivity index (χ2v) is 12.5. The van der Waals surface area contributed by atoms with Gasteiger partial charge in [-0.25, -0.2) is 13.4 Å². The highest BCUT2D eigenvalue weighted by atomic mass is 32.2. The van der Waals surface area contributed by atoms with Crippen LogP contribution in [0.1, 0.15) is 47.7 Å². The van der Waals surface area contributed by atoms with E-state index in [2.05, 4.69) is 0 Å². The molecule has 198 valence electrons. The Bertz CT molecular complexity index is 1550. The maximum absolute atomic E-state index is 13.9. The molecule has 0 N–H and O–H groups in total. The number of hydrogen-bond acceptors (Lipinski definition) is 6. The van der Waals surface area contributed by atoms with Crippen molar-refractivity contribution in [3.05, 3.63) is 83.4 Å². The SMILES string of the molecule is COc1ccc(C)c2sc(N(Cc3ccccc3)C(=O)c3ccc(S(=O)(=O)N4CCCCC4C)cc3)nc12. The monoisotopic (exact) mass is 549 g/mol. The van der Waals surface area contributed by atoms with Gasteiger partial charge in [0.2, 0.25) is 10.0 Å². The number of nitrogens with zero attached hydrogens (tertiary/aromatic N) is 3. The van der Waals surface area contributed by atoms with Crippen molar-refractivity contribution in [2.24, 2.45) is 0 Å². The molecule has 3 aromatic carbocycles. The zero-order valence-electron chi connectivity index (χ0n) is 21.8. The number of benzene rings is 3. The molecule has 38 heavy (non-hydrogen) atoms. The van der Waals surface area contributed by atoms with Crippen LogP contribution in [0.25, 0.3) is 10.2 Å². The van der Waals surface area contributed by atoms with E-state index >= 15 is 0 Å². The van der Waals surface area contributed by atoms with Crippen LogP contribution in [0, 0.1) is 6.92 Å². The average molecular weight is 550 g/mol. The van der Waals surface area contributed by atoms with E-state index in [1.54, 1.807) is 28.4 Å². The van der Waals surface area contributed by atoms with Crippen molar-refractivity contribution >= 4 is 42.6 Å². The van der Waals surface area contributed by atoms with Crippen LogP contribution >= 0.6 is 11.3 Å². The Morgan fingerprint density at radius 3 is 2.50 bits per heavy atom. The molecule has 1 saturated heterocycles. The van der Waals surface area contributed by atoms with Gasteiger partial charge in [-0.15, -0.1) is 0 Å². The van der Waals surface area contributed by atoms with E-state index in [9.17, 15) is 13.2 Å². The first kappa shape index (κ1) is 26.3. The van der Waals surface area contributed by atoms with E-state index < -0.39 is 10.0 Å². The van der Waals surface area contributed by atoms with E-state index in [1.807, 2.05) is 56.3 Å². The number of piperidine rings is 1. The third-order valence-electron chi connectivity index (χ3n) is 7.02. The van der Waals surface area contributed by atoms with Crippen LogP contribution in [0.4, 0.5) is 5.13 Å². The number of ether oxygens (including phenoxy) is 1. The summed E-state index contributed by atoms with van der Waals surface area (Å²) in [5, 5.41) is 0.556. The summed E-state index contributed by atoms with van der Waals surface area (Å²) in [6.07, 6.45) is 2.76. The van der Waals surface area contributed by atoms with Crippen LogP contribution in [0.15, 0.2) is 71.6 Å². The molecule has 0 aliphatic carbocycles.